The van der Waals surface area contributed by atoms with Crippen LogP contribution in [0.1, 0.15) is 23.2 Å². The first kappa shape index (κ1) is 15.5. The van der Waals surface area contributed by atoms with E-state index in [-0.39, 0.29) is 24.0 Å². The molecule has 2 aliphatic rings. The Kier molecular flexibility index (Phi) is 5.07. The van der Waals surface area contributed by atoms with E-state index in [0.29, 0.717) is 31.8 Å². The molecule has 2 saturated heterocycles. The highest BCUT2D eigenvalue weighted by atomic mass is 32.1. The summed E-state index contributed by atoms with van der Waals surface area (Å²) in [6.45, 7) is 3.33. The van der Waals surface area contributed by atoms with Gasteiger partial charge < -0.3 is 20.3 Å². The first-order chi connectivity index (χ1) is 10.7. The lowest BCUT2D eigenvalue weighted by molar-refractivity contribution is -0.146. The number of thiophene rings is 1. The normalized spacial score (nSPS) is 23.3. The number of morpholine rings is 1. The molecule has 2 amide bonds. The van der Waals surface area contributed by atoms with Crippen molar-refractivity contribution >= 4 is 23.2 Å². The van der Waals surface area contributed by atoms with Gasteiger partial charge in [0.15, 0.2) is 0 Å². The van der Waals surface area contributed by atoms with Crippen LogP contribution in [0.4, 0.5) is 0 Å². The van der Waals surface area contributed by atoms with Crippen LogP contribution in [0, 0.1) is 0 Å². The lowest BCUT2D eigenvalue weighted by Crippen LogP contribution is -2.53. The van der Waals surface area contributed by atoms with Gasteiger partial charge in [0.05, 0.1) is 6.61 Å². The van der Waals surface area contributed by atoms with Crippen LogP contribution in [0.15, 0.2) is 16.8 Å². The highest BCUT2D eigenvalue weighted by Crippen LogP contribution is 2.14. The van der Waals surface area contributed by atoms with Gasteiger partial charge in [-0.1, -0.05) is 0 Å². The predicted octanol–water partition coefficient (Wildman–Crippen LogP) is 0.457. The molecule has 3 rings (SSSR count). The summed E-state index contributed by atoms with van der Waals surface area (Å²) < 4.78 is 5.51. The number of carbonyl (C=O) groups is 2. The molecule has 2 aliphatic heterocycles. The molecule has 2 fully saturated rings. The maximum Gasteiger partial charge on any atom is 0.253 e. The van der Waals surface area contributed by atoms with Crippen molar-refractivity contribution in [3.8, 4) is 0 Å². The summed E-state index contributed by atoms with van der Waals surface area (Å²) in [7, 11) is 0. The van der Waals surface area contributed by atoms with Gasteiger partial charge in [0.1, 0.15) is 6.10 Å². The van der Waals surface area contributed by atoms with Crippen molar-refractivity contribution in [2.24, 2.45) is 0 Å². The number of amides is 2. The summed E-state index contributed by atoms with van der Waals surface area (Å²) in [5.74, 6) is 0.0423. The number of hydrogen-bond acceptors (Lipinski definition) is 5. The Morgan fingerprint density at radius 1 is 1.36 bits per heavy atom. The number of likely N-dealkylation sites (tertiary alicyclic amines) is 1. The molecule has 22 heavy (non-hydrogen) atoms. The Hall–Kier alpha value is -1.44. The number of carbonyl (C=O) groups excluding carboxylic acids is 2. The van der Waals surface area contributed by atoms with Crippen LogP contribution < -0.4 is 10.6 Å². The minimum absolute atomic E-state index is 0.0224. The zero-order valence-corrected chi connectivity index (χ0v) is 13.2. The van der Waals surface area contributed by atoms with Crippen molar-refractivity contribution < 1.29 is 14.3 Å². The van der Waals surface area contributed by atoms with E-state index in [1.165, 1.54) is 11.3 Å². The van der Waals surface area contributed by atoms with E-state index in [1.54, 1.807) is 0 Å². The molecular weight excluding hydrogens is 302 g/mol. The van der Waals surface area contributed by atoms with Crippen molar-refractivity contribution in [2.75, 3.05) is 32.8 Å². The van der Waals surface area contributed by atoms with E-state index in [4.69, 9.17) is 4.74 Å². The third kappa shape index (κ3) is 3.66. The van der Waals surface area contributed by atoms with Crippen molar-refractivity contribution in [3.63, 3.8) is 0 Å². The third-order valence-corrected chi connectivity index (χ3v) is 4.81. The number of nitrogens with one attached hydrogen (secondary N) is 2. The molecule has 0 spiro atoms. The summed E-state index contributed by atoms with van der Waals surface area (Å²) in [5, 5.41) is 9.97. The fraction of sp³-hybridized carbons (Fsp3) is 0.600. The van der Waals surface area contributed by atoms with E-state index < -0.39 is 0 Å². The van der Waals surface area contributed by atoms with Gasteiger partial charge in [-0.3, -0.25) is 9.59 Å². The zero-order valence-electron chi connectivity index (χ0n) is 12.4. The van der Waals surface area contributed by atoms with Crippen LogP contribution in [-0.2, 0) is 9.53 Å². The maximum atomic E-state index is 12.3. The second-order valence-corrected chi connectivity index (χ2v) is 6.43. The molecular formula is C15H21N3O3S. The molecule has 6 nitrogen and oxygen atoms in total. The van der Waals surface area contributed by atoms with Gasteiger partial charge in [0.2, 0.25) is 0 Å². The molecule has 0 saturated carbocycles. The minimum Gasteiger partial charge on any atom is -0.366 e. The van der Waals surface area contributed by atoms with Crippen LogP contribution in [0.2, 0.25) is 0 Å². The number of rotatable bonds is 3. The van der Waals surface area contributed by atoms with Gasteiger partial charge in [-0.2, -0.15) is 11.3 Å². The van der Waals surface area contributed by atoms with Crippen molar-refractivity contribution in [2.45, 2.75) is 25.0 Å². The number of hydrogen-bond donors (Lipinski definition) is 2. The van der Waals surface area contributed by atoms with E-state index in [2.05, 4.69) is 10.6 Å². The average Bonchev–Trinajstić information content (AvgIpc) is 3.10. The fourth-order valence-electron chi connectivity index (χ4n) is 2.83. The Bertz CT molecular complexity index is 506. The smallest absolute Gasteiger partial charge is 0.253 e. The molecule has 0 bridgehead atoms. The van der Waals surface area contributed by atoms with E-state index >= 15 is 0 Å². The van der Waals surface area contributed by atoms with E-state index in [9.17, 15) is 9.59 Å². The van der Waals surface area contributed by atoms with Gasteiger partial charge in [-0.15, -0.1) is 0 Å². The van der Waals surface area contributed by atoms with Crippen LogP contribution >= 0.6 is 11.3 Å². The quantitative estimate of drug-likeness (QED) is 0.848. The fourth-order valence-corrected chi connectivity index (χ4v) is 3.47. The summed E-state index contributed by atoms with van der Waals surface area (Å²) in [5.41, 5.74) is 0.713. The lowest BCUT2D eigenvalue weighted by atomic mass is 10.0. The van der Waals surface area contributed by atoms with Crippen molar-refractivity contribution in [1.82, 2.24) is 15.5 Å². The van der Waals surface area contributed by atoms with Gasteiger partial charge in [-0.05, 0) is 24.3 Å². The monoisotopic (exact) mass is 323 g/mol. The molecule has 1 aromatic heterocycles. The Balaban J connectivity index is 1.46. The third-order valence-electron chi connectivity index (χ3n) is 4.13. The first-order valence-corrected chi connectivity index (χ1v) is 8.62. The highest BCUT2D eigenvalue weighted by Gasteiger charge is 2.30. The molecule has 1 aromatic rings. The van der Waals surface area contributed by atoms with Crippen LogP contribution in [-0.4, -0.2) is 61.6 Å². The number of piperidine rings is 1. The lowest BCUT2D eigenvalue weighted by Gasteiger charge is -2.35. The van der Waals surface area contributed by atoms with Gasteiger partial charge in [0.25, 0.3) is 11.8 Å². The Morgan fingerprint density at radius 2 is 2.18 bits per heavy atom. The van der Waals surface area contributed by atoms with Crippen LogP contribution in [0.3, 0.4) is 0 Å². The van der Waals surface area contributed by atoms with Gasteiger partial charge in [0, 0.05) is 43.2 Å². The summed E-state index contributed by atoms with van der Waals surface area (Å²) in [6.07, 6.45) is 1.23. The summed E-state index contributed by atoms with van der Waals surface area (Å²) >= 11 is 1.52. The molecule has 0 aliphatic carbocycles. The number of ether oxygens (including phenoxy) is 1. The molecule has 0 aromatic carbocycles. The summed E-state index contributed by atoms with van der Waals surface area (Å²) in [6, 6.07) is 1.97. The molecule has 1 unspecified atom stereocenters. The molecule has 2 N–H and O–H groups in total. The topological polar surface area (TPSA) is 70.7 Å². The highest BCUT2D eigenvalue weighted by molar-refractivity contribution is 7.08. The van der Waals surface area contributed by atoms with Gasteiger partial charge in [-0.25, -0.2) is 0 Å². The van der Waals surface area contributed by atoms with Crippen molar-refractivity contribution in [3.05, 3.63) is 22.4 Å². The molecule has 3 heterocycles. The maximum absolute atomic E-state index is 12.3. The van der Waals surface area contributed by atoms with Crippen molar-refractivity contribution in [1.29, 1.82) is 0 Å². The van der Waals surface area contributed by atoms with Crippen LogP contribution in [0.25, 0.3) is 0 Å². The second kappa shape index (κ2) is 7.21. The summed E-state index contributed by atoms with van der Waals surface area (Å²) in [4.78, 5) is 26.2. The number of nitrogens with zero attached hydrogens (tertiary/aromatic N) is 1. The Labute approximate surface area is 133 Å². The molecule has 0 radical (unpaired) electrons. The zero-order chi connectivity index (χ0) is 15.4. The molecule has 120 valence electrons. The standard InChI is InChI=1S/C15H21N3O3S/c19-14(11-3-8-22-10-11)17-12-1-5-18(6-2-12)15(20)13-9-16-4-7-21-13/h3,8,10,12-13,16H,1-2,4-7,9H2,(H,17,19). The first-order valence-electron chi connectivity index (χ1n) is 7.68. The molecule has 1 atom stereocenters. The largest absolute Gasteiger partial charge is 0.366 e. The second-order valence-electron chi connectivity index (χ2n) is 5.65. The van der Waals surface area contributed by atoms with Gasteiger partial charge >= 0.3 is 0 Å². The van der Waals surface area contributed by atoms with E-state index in [1.807, 2.05) is 21.7 Å². The average molecular weight is 323 g/mol. The van der Waals surface area contributed by atoms with E-state index in [0.717, 1.165) is 19.4 Å². The Morgan fingerprint density at radius 3 is 2.82 bits per heavy atom. The molecule has 7 heteroatoms. The van der Waals surface area contributed by atoms with Crippen LogP contribution in [0.5, 0.6) is 0 Å². The minimum atomic E-state index is -0.356. The predicted molar refractivity (Wildman–Crippen MR) is 84.0 cm³/mol. The SMILES string of the molecule is O=C(NC1CCN(C(=O)C2CNCCO2)CC1)c1ccsc1.